The number of hydrogen-bond acceptors (Lipinski definition) is 4. The number of nitrogens with zero attached hydrogens (tertiary/aromatic N) is 3. The molecule has 1 aliphatic heterocycles. The number of benzene rings is 1. The van der Waals surface area contributed by atoms with Crippen molar-refractivity contribution in [3.8, 4) is 5.69 Å². The standard InChI is InChI=1S/C19H24N4O3/c1-13-11-19(5,23(21-13)17(25)26-18(2,3)4)15-12-20-22(16(15)24)14-9-7-6-8-10-14/h6-10,12,20H,11H2,1-5H3. The number of aromatic amines is 1. The second kappa shape index (κ2) is 6.16. The van der Waals surface area contributed by atoms with Crippen LogP contribution in [0, 0.1) is 0 Å². The van der Waals surface area contributed by atoms with Gasteiger partial charge < -0.3 is 4.74 Å². The molecule has 0 radical (unpaired) electrons. The van der Waals surface area contributed by atoms with E-state index in [0.717, 1.165) is 11.4 Å². The van der Waals surface area contributed by atoms with E-state index in [-0.39, 0.29) is 5.56 Å². The maximum absolute atomic E-state index is 13.0. The summed E-state index contributed by atoms with van der Waals surface area (Å²) in [6.07, 6.45) is 1.54. The highest BCUT2D eigenvalue weighted by molar-refractivity contribution is 5.88. The Labute approximate surface area is 152 Å². The summed E-state index contributed by atoms with van der Waals surface area (Å²) >= 11 is 0. The van der Waals surface area contributed by atoms with Gasteiger partial charge in [0.05, 0.1) is 11.3 Å². The first-order valence-electron chi connectivity index (χ1n) is 8.55. The fraction of sp³-hybridized carbons (Fsp3) is 0.421. The fourth-order valence-electron chi connectivity index (χ4n) is 3.17. The number of amides is 1. The predicted molar refractivity (Wildman–Crippen MR) is 99.5 cm³/mol. The van der Waals surface area contributed by atoms with Gasteiger partial charge in [-0.15, -0.1) is 0 Å². The molecular weight excluding hydrogens is 332 g/mol. The Bertz CT molecular complexity index is 905. The van der Waals surface area contributed by atoms with Crippen LogP contribution in [-0.2, 0) is 10.3 Å². The third kappa shape index (κ3) is 3.16. The Morgan fingerprint density at radius 2 is 1.92 bits per heavy atom. The Balaban J connectivity index is 2.01. The molecule has 0 saturated heterocycles. The molecule has 2 aromatic rings. The van der Waals surface area contributed by atoms with Crippen molar-refractivity contribution in [2.75, 3.05) is 0 Å². The van der Waals surface area contributed by atoms with Crippen LogP contribution in [-0.4, -0.2) is 32.2 Å². The molecule has 7 nitrogen and oxygen atoms in total. The van der Waals surface area contributed by atoms with E-state index in [1.165, 1.54) is 9.69 Å². The highest BCUT2D eigenvalue weighted by Gasteiger charge is 2.46. The van der Waals surface area contributed by atoms with Crippen LogP contribution in [0.1, 0.15) is 46.6 Å². The molecule has 1 aromatic heterocycles. The van der Waals surface area contributed by atoms with Crippen LogP contribution in [0.4, 0.5) is 4.79 Å². The number of H-pyrrole nitrogens is 1. The summed E-state index contributed by atoms with van der Waals surface area (Å²) in [6, 6.07) is 9.29. The molecule has 0 aliphatic carbocycles. The highest BCUT2D eigenvalue weighted by Crippen LogP contribution is 2.36. The number of para-hydroxylation sites is 1. The molecule has 2 heterocycles. The Morgan fingerprint density at radius 3 is 2.54 bits per heavy atom. The summed E-state index contributed by atoms with van der Waals surface area (Å²) in [5.41, 5.74) is 0.203. The molecule has 0 bridgehead atoms. The van der Waals surface area contributed by atoms with Gasteiger partial charge >= 0.3 is 6.09 Å². The van der Waals surface area contributed by atoms with Crippen molar-refractivity contribution in [1.82, 2.24) is 14.8 Å². The van der Waals surface area contributed by atoms with Crippen molar-refractivity contribution in [3.05, 3.63) is 52.4 Å². The quantitative estimate of drug-likeness (QED) is 0.895. The predicted octanol–water partition coefficient (Wildman–Crippen LogP) is 3.40. The largest absolute Gasteiger partial charge is 0.442 e. The van der Waals surface area contributed by atoms with Gasteiger partial charge in [-0.2, -0.15) is 10.1 Å². The zero-order valence-electron chi connectivity index (χ0n) is 15.7. The summed E-state index contributed by atoms with van der Waals surface area (Å²) in [5.74, 6) is 0. The number of hydrogen-bond donors (Lipinski definition) is 1. The molecule has 26 heavy (non-hydrogen) atoms. The number of carbonyl (C=O) groups excluding carboxylic acids is 1. The molecule has 1 aromatic carbocycles. The topological polar surface area (TPSA) is 79.7 Å². The lowest BCUT2D eigenvalue weighted by Crippen LogP contribution is -2.46. The van der Waals surface area contributed by atoms with Crippen LogP contribution in [0.3, 0.4) is 0 Å². The van der Waals surface area contributed by atoms with Crippen molar-refractivity contribution in [3.63, 3.8) is 0 Å². The first kappa shape index (κ1) is 18.0. The Hall–Kier alpha value is -2.83. The van der Waals surface area contributed by atoms with Crippen molar-refractivity contribution >= 4 is 11.8 Å². The van der Waals surface area contributed by atoms with Gasteiger partial charge in [0.1, 0.15) is 11.1 Å². The van der Waals surface area contributed by atoms with E-state index in [9.17, 15) is 9.59 Å². The van der Waals surface area contributed by atoms with Crippen LogP contribution in [0.25, 0.3) is 5.69 Å². The molecule has 0 spiro atoms. The van der Waals surface area contributed by atoms with Crippen molar-refractivity contribution < 1.29 is 9.53 Å². The Morgan fingerprint density at radius 1 is 1.27 bits per heavy atom. The van der Waals surface area contributed by atoms with Gasteiger partial charge in [-0.3, -0.25) is 9.89 Å². The second-order valence-electron chi connectivity index (χ2n) is 7.74. The van der Waals surface area contributed by atoms with Crippen molar-refractivity contribution in [2.45, 2.75) is 52.2 Å². The molecule has 1 amide bonds. The summed E-state index contributed by atoms with van der Waals surface area (Å²) in [5, 5.41) is 8.61. The zero-order valence-corrected chi connectivity index (χ0v) is 15.7. The smallest absolute Gasteiger partial charge is 0.431 e. The molecule has 1 N–H and O–H groups in total. The van der Waals surface area contributed by atoms with E-state index >= 15 is 0 Å². The minimum atomic E-state index is -0.903. The Kier molecular flexibility index (Phi) is 4.26. The normalized spacial score (nSPS) is 20.2. The molecule has 0 saturated carbocycles. The minimum absolute atomic E-state index is 0.211. The van der Waals surface area contributed by atoms with Gasteiger partial charge in [0.15, 0.2) is 0 Å². The average Bonchev–Trinajstić information content (AvgIpc) is 3.07. The first-order valence-corrected chi connectivity index (χ1v) is 8.55. The lowest BCUT2D eigenvalue weighted by molar-refractivity contribution is 0.00505. The summed E-state index contributed by atoms with van der Waals surface area (Å²) in [6.45, 7) is 9.07. The summed E-state index contributed by atoms with van der Waals surface area (Å²) < 4.78 is 6.94. The van der Waals surface area contributed by atoms with Gasteiger partial charge in [0.25, 0.3) is 5.56 Å². The molecule has 1 aliphatic rings. The molecule has 3 rings (SSSR count). The van der Waals surface area contributed by atoms with Gasteiger partial charge in [-0.05, 0) is 46.8 Å². The lowest BCUT2D eigenvalue weighted by Gasteiger charge is -2.32. The number of ether oxygens (including phenoxy) is 1. The van der Waals surface area contributed by atoms with E-state index in [4.69, 9.17) is 4.74 Å². The zero-order chi connectivity index (χ0) is 19.1. The van der Waals surface area contributed by atoms with Crippen LogP contribution < -0.4 is 5.56 Å². The monoisotopic (exact) mass is 356 g/mol. The molecular formula is C19H24N4O3. The first-order chi connectivity index (χ1) is 12.1. The van der Waals surface area contributed by atoms with Crippen LogP contribution in [0.2, 0.25) is 0 Å². The second-order valence-corrected chi connectivity index (χ2v) is 7.74. The lowest BCUT2D eigenvalue weighted by atomic mass is 9.90. The number of rotatable bonds is 2. The highest BCUT2D eigenvalue weighted by atomic mass is 16.6. The van der Waals surface area contributed by atoms with E-state index in [1.54, 1.807) is 27.0 Å². The number of aromatic nitrogens is 2. The SMILES string of the molecule is CC1=NN(C(=O)OC(C)(C)C)C(C)(c2c[nH]n(-c3ccccc3)c2=O)C1. The summed E-state index contributed by atoms with van der Waals surface area (Å²) in [7, 11) is 0. The number of carbonyl (C=O) groups is 1. The van der Waals surface area contributed by atoms with Gasteiger partial charge in [-0.25, -0.2) is 9.48 Å². The molecule has 1 atom stereocenters. The van der Waals surface area contributed by atoms with E-state index in [1.807, 2.05) is 44.2 Å². The summed E-state index contributed by atoms with van der Waals surface area (Å²) in [4.78, 5) is 25.7. The van der Waals surface area contributed by atoms with Crippen molar-refractivity contribution in [1.29, 1.82) is 0 Å². The van der Waals surface area contributed by atoms with E-state index in [0.29, 0.717) is 12.0 Å². The molecule has 7 heteroatoms. The molecule has 138 valence electrons. The van der Waals surface area contributed by atoms with E-state index in [2.05, 4.69) is 10.2 Å². The van der Waals surface area contributed by atoms with Crippen LogP contribution in [0.15, 0.2) is 46.4 Å². The van der Waals surface area contributed by atoms with Crippen LogP contribution >= 0.6 is 0 Å². The number of nitrogens with one attached hydrogen (secondary N) is 1. The average molecular weight is 356 g/mol. The number of hydrazone groups is 1. The van der Waals surface area contributed by atoms with Gasteiger partial charge in [0.2, 0.25) is 0 Å². The maximum atomic E-state index is 13.0. The van der Waals surface area contributed by atoms with E-state index < -0.39 is 17.2 Å². The van der Waals surface area contributed by atoms with Gasteiger partial charge in [-0.1, -0.05) is 18.2 Å². The van der Waals surface area contributed by atoms with Gasteiger partial charge in [0, 0.05) is 18.3 Å². The van der Waals surface area contributed by atoms with Crippen molar-refractivity contribution in [2.24, 2.45) is 5.10 Å². The van der Waals surface area contributed by atoms with Crippen LogP contribution in [0.5, 0.6) is 0 Å². The fourth-order valence-corrected chi connectivity index (χ4v) is 3.17. The third-order valence-corrected chi connectivity index (χ3v) is 4.27. The third-order valence-electron chi connectivity index (χ3n) is 4.27. The molecule has 1 unspecified atom stereocenters. The molecule has 0 fully saturated rings. The minimum Gasteiger partial charge on any atom is -0.442 e. The maximum Gasteiger partial charge on any atom is 0.431 e.